The number of nitrogens with zero attached hydrogens (tertiary/aromatic N) is 2. The summed E-state index contributed by atoms with van der Waals surface area (Å²) >= 11 is 3.58. The number of hydrogen-bond donors (Lipinski definition) is 1. The molecule has 0 saturated carbocycles. The van der Waals surface area contributed by atoms with Crippen LogP contribution in [0.3, 0.4) is 0 Å². The Bertz CT molecular complexity index is 364. The van der Waals surface area contributed by atoms with Crippen molar-refractivity contribution >= 4 is 21.6 Å². The summed E-state index contributed by atoms with van der Waals surface area (Å²) in [5.74, 6) is 0. The van der Waals surface area contributed by atoms with Crippen LogP contribution in [0.4, 0.5) is 5.69 Å². The van der Waals surface area contributed by atoms with Crippen LogP contribution < -0.4 is 10.6 Å². The van der Waals surface area contributed by atoms with E-state index in [0.29, 0.717) is 0 Å². The van der Waals surface area contributed by atoms with Gasteiger partial charge in [0.1, 0.15) is 0 Å². The van der Waals surface area contributed by atoms with E-state index in [0.717, 1.165) is 23.1 Å². The maximum Gasteiger partial charge on any atom is 0.0375 e. The molecule has 0 aliphatic carbocycles. The van der Waals surface area contributed by atoms with Crippen LogP contribution in [0.1, 0.15) is 18.5 Å². The predicted octanol–water partition coefficient (Wildman–Crippen LogP) is 2.47. The van der Waals surface area contributed by atoms with Crippen LogP contribution in [0.2, 0.25) is 0 Å². The highest BCUT2D eigenvalue weighted by atomic mass is 79.9. The number of rotatable bonds is 5. The summed E-state index contributed by atoms with van der Waals surface area (Å²) in [6.07, 6.45) is 0. The molecule has 96 valence electrons. The van der Waals surface area contributed by atoms with Crippen LogP contribution in [-0.2, 0) is 0 Å². The monoisotopic (exact) mass is 299 g/mol. The predicted molar refractivity (Wildman–Crippen MR) is 78.6 cm³/mol. The molecule has 17 heavy (non-hydrogen) atoms. The minimum Gasteiger partial charge on any atom is -0.373 e. The summed E-state index contributed by atoms with van der Waals surface area (Å²) < 4.78 is 1.08. The molecular weight excluding hydrogens is 278 g/mol. The maximum absolute atomic E-state index is 5.89. The van der Waals surface area contributed by atoms with Gasteiger partial charge in [0.15, 0.2) is 0 Å². The zero-order valence-corrected chi connectivity index (χ0v) is 12.7. The van der Waals surface area contributed by atoms with Crippen LogP contribution in [0, 0.1) is 0 Å². The zero-order chi connectivity index (χ0) is 13.0. The first-order chi connectivity index (χ1) is 7.91. The lowest BCUT2D eigenvalue weighted by molar-refractivity contribution is 0.416. The van der Waals surface area contributed by atoms with Gasteiger partial charge in [-0.3, -0.25) is 0 Å². The number of nitrogens with two attached hydrogens (primary N) is 1. The Kier molecular flexibility index (Phi) is 5.43. The molecule has 0 amide bonds. The first-order valence-electron chi connectivity index (χ1n) is 5.82. The second-order valence-electron chi connectivity index (χ2n) is 4.72. The van der Waals surface area contributed by atoms with Crippen molar-refractivity contribution in [3.8, 4) is 0 Å². The van der Waals surface area contributed by atoms with E-state index in [9.17, 15) is 0 Å². The minimum atomic E-state index is 0.0607. The van der Waals surface area contributed by atoms with Crippen LogP contribution >= 0.6 is 15.9 Å². The average molecular weight is 300 g/mol. The molecule has 4 heteroatoms. The van der Waals surface area contributed by atoms with E-state index < -0.39 is 0 Å². The van der Waals surface area contributed by atoms with Crippen molar-refractivity contribution in [2.24, 2.45) is 5.73 Å². The highest BCUT2D eigenvalue weighted by Gasteiger charge is 2.08. The molecule has 0 saturated heterocycles. The molecule has 0 unspecified atom stereocenters. The van der Waals surface area contributed by atoms with E-state index in [1.54, 1.807) is 0 Å². The van der Waals surface area contributed by atoms with Gasteiger partial charge in [-0.05, 0) is 38.7 Å². The summed E-state index contributed by atoms with van der Waals surface area (Å²) in [7, 11) is 6.28. The molecule has 0 aliphatic heterocycles. The smallest absolute Gasteiger partial charge is 0.0375 e. The highest BCUT2D eigenvalue weighted by molar-refractivity contribution is 9.10. The van der Waals surface area contributed by atoms with E-state index in [1.807, 2.05) is 6.92 Å². The van der Waals surface area contributed by atoms with Crippen molar-refractivity contribution in [3.05, 3.63) is 28.2 Å². The van der Waals surface area contributed by atoms with Crippen molar-refractivity contribution in [3.63, 3.8) is 0 Å². The lowest BCUT2D eigenvalue weighted by Gasteiger charge is -2.22. The molecular formula is C13H22BrN3. The van der Waals surface area contributed by atoms with E-state index in [4.69, 9.17) is 5.73 Å². The summed E-state index contributed by atoms with van der Waals surface area (Å²) in [6.45, 7) is 4.05. The fraction of sp³-hybridized carbons (Fsp3) is 0.538. The van der Waals surface area contributed by atoms with Gasteiger partial charge in [-0.25, -0.2) is 0 Å². The Labute approximate surface area is 113 Å². The van der Waals surface area contributed by atoms with Crippen LogP contribution in [0.5, 0.6) is 0 Å². The molecule has 0 spiro atoms. The summed E-state index contributed by atoms with van der Waals surface area (Å²) in [4.78, 5) is 4.43. The fourth-order valence-corrected chi connectivity index (χ4v) is 2.33. The van der Waals surface area contributed by atoms with E-state index in [-0.39, 0.29) is 6.04 Å². The van der Waals surface area contributed by atoms with Crippen molar-refractivity contribution in [2.75, 3.05) is 39.1 Å². The number of benzene rings is 1. The summed E-state index contributed by atoms with van der Waals surface area (Å²) in [5, 5.41) is 0. The Morgan fingerprint density at radius 3 is 2.35 bits per heavy atom. The van der Waals surface area contributed by atoms with Crippen LogP contribution in [0.15, 0.2) is 22.7 Å². The van der Waals surface area contributed by atoms with Crippen molar-refractivity contribution in [2.45, 2.75) is 13.0 Å². The molecule has 1 aromatic rings. The first-order valence-corrected chi connectivity index (χ1v) is 6.62. The van der Waals surface area contributed by atoms with Crippen molar-refractivity contribution in [1.29, 1.82) is 0 Å². The molecule has 0 aliphatic rings. The fourth-order valence-electron chi connectivity index (χ4n) is 1.60. The normalized spacial score (nSPS) is 12.9. The van der Waals surface area contributed by atoms with Gasteiger partial charge in [0.25, 0.3) is 0 Å². The topological polar surface area (TPSA) is 32.5 Å². The molecule has 1 rings (SSSR count). The van der Waals surface area contributed by atoms with E-state index in [1.165, 1.54) is 5.69 Å². The number of hydrogen-bond acceptors (Lipinski definition) is 3. The van der Waals surface area contributed by atoms with E-state index >= 15 is 0 Å². The quantitative estimate of drug-likeness (QED) is 0.906. The second-order valence-corrected chi connectivity index (χ2v) is 5.57. The zero-order valence-electron chi connectivity index (χ0n) is 11.1. The summed E-state index contributed by atoms with van der Waals surface area (Å²) in [6, 6.07) is 6.41. The van der Waals surface area contributed by atoms with Crippen molar-refractivity contribution < 1.29 is 0 Å². The number of anilines is 1. The van der Waals surface area contributed by atoms with Gasteiger partial charge in [0.05, 0.1) is 0 Å². The number of likely N-dealkylation sites (N-methyl/N-ethyl adjacent to an activating group) is 2. The lowest BCUT2D eigenvalue weighted by atomic mass is 10.1. The molecule has 3 nitrogen and oxygen atoms in total. The van der Waals surface area contributed by atoms with Crippen molar-refractivity contribution in [1.82, 2.24) is 4.90 Å². The van der Waals surface area contributed by atoms with Gasteiger partial charge < -0.3 is 15.5 Å². The molecule has 0 bridgehead atoms. The molecule has 1 aromatic carbocycles. The third kappa shape index (κ3) is 4.30. The van der Waals surface area contributed by atoms with E-state index in [2.05, 4.69) is 65.1 Å². The number of halogens is 1. The summed E-state index contributed by atoms with van der Waals surface area (Å²) in [5.41, 5.74) is 8.25. The molecule has 1 atom stereocenters. The third-order valence-electron chi connectivity index (χ3n) is 2.80. The van der Waals surface area contributed by atoms with Gasteiger partial charge in [0.2, 0.25) is 0 Å². The van der Waals surface area contributed by atoms with Gasteiger partial charge in [-0.1, -0.05) is 22.0 Å². The minimum absolute atomic E-state index is 0.0607. The van der Waals surface area contributed by atoms with Gasteiger partial charge in [0, 0.05) is 36.3 Å². The Morgan fingerprint density at radius 2 is 1.88 bits per heavy atom. The standard InChI is InChI=1S/C13H22BrN3/c1-10(15)12-6-5-11(9-13(12)14)17(4)8-7-16(2)3/h5-6,9-10H,7-8,15H2,1-4H3/t10-/m0/s1. The highest BCUT2D eigenvalue weighted by Crippen LogP contribution is 2.26. The second kappa shape index (κ2) is 6.38. The molecule has 0 radical (unpaired) electrons. The SMILES string of the molecule is C[C@H](N)c1ccc(N(C)CCN(C)C)cc1Br. The van der Waals surface area contributed by atoms with Gasteiger partial charge >= 0.3 is 0 Å². The first kappa shape index (κ1) is 14.5. The molecule has 0 fully saturated rings. The maximum atomic E-state index is 5.89. The third-order valence-corrected chi connectivity index (χ3v) is 3.48. The molecule has 0 aromatic heterocycles. The van der Waals surface area contributed by atoms with Crippen LogP contribution in [0.25, 0.3) is 0 Å². The van der Waals surface area contributed by atoms with Gasteiger partial charge in [-0.2, -0.15) is 0 Å². The Morgan fingerprint density at radius 1 is 1.24 bits per heavy atom. The Hall–Kier alpha value is -0.580. The van der Waals surface area contributed by atoms with Gasteiger partial charge in [-0.15, -0.1) is 0 Å². The van der Waals surface area contributed by atoms with Crippen LogP contribution in [-0.4, -0.2) is 39.1 Å². The Balaban J connectivity index is 2.75. The largest absolute Gasteiger partial charge is 0.373 e. The molecule has 2 N–H and O–H groups in total. The average Bonchev–Trinajstić information content (AvgIpc) is 2.25. The lowest BCUT2D eigenvalue weighted by Crippen LogP contribution is -2.28. The molecule has 0 heterocycles.